The topological polar surface area (TPSA) is 95.9 Å². The summed E-state index contributed by atoms with van der Waals surface area (Å²) in [5, 5.41) is 23.3. The molecule has 6 heteroatoms. The van der Waals surface area contributed by atoms with Gasteiger partial charge in [-0.25, -0.2) is 0 Å². The third kappa shape index (κ3) is 69.7. The lowest BCUT2D eigenvalue weighted by molar-refractivity contribution is -0.143. The molecule has 0 aromatic carbocycles. The van der Waals surface area contributed by atoms with Crippen LogP contribution in [0.5, 0.6) is 0 Å². The van der Waals surface area contributed by atoms with Gasteiger partial charge < -0.3 is 20.3 Å². The average molecular weight is 1190 g/mol. The molecule has 2 atom stereocenters. The number of ether oxygens (including phenoxy) is 1. The van der Waals surface area contributed by atoms with Gasteiger partial charge in [0.1, 0.15) is 0 Å². The van der Waals surface area contributed by atoms with Crippen LogP contribution in [0, 0.1) is 0 Å². The molecule has 1 amide bonds. The third-order valence-electron chi connectivity index (χ3n) is 18.6. The number of carbonyl (C=O) groups is 2. The van der Waals surface area contributed by atoms with E-state index in [1.165, 1.54) is 385 Å². The van der Waals surface area contributed by atoms with E-state index in [2.05, 4.69) is 19.2 Å². The zero-order chi connectivity index (χ0) is 60.6. The molecule has 0 aliphatic heterocycles. The van der Waals surface area contributed by atoms with Gasteiger partial charge in [0.25, 0.3) is 0 Å². The quantitative estimate of drug-likeness (QED) is 0.0320. The Kier molecular flexibility index (Phi) is 72.8. The molecule has 0 aliphatic rings. The maximum absolute atomic E-state index is 12.5. The van der Waals surface area contributed by atoms with Crippen molar-refractivity contribution >= 4 is 11.9 Å². The van der Waals surface area contributed by atoms with Crippen LogP contribution in [-0.4, -0.2) is 47.4 Å². The van der Waals surface area contributed by atoms with Crippen molar-refractivity contribution in [2.24, 2.45) is 0 Å². The minimum Gasteiger partial charge on any atom is -0.466 e. The Bertz CT molecular complexity index is 1270. The molecular formula is C78H153NO5. The molecule has 84 heavy (non-hydrogen) atoms. The van der Waals surface area contributed by atoms with E-state index in [9.17, 15) is 19.8 Å². The number of aliphatic hydroxyl groups is 2. The fourth-order valence-electron chi connectivity index (χ4n) is 12.6. The number of amides is 1. The number of unbranched alkanes of at least 4 members (excludes halogenated alkanes) is 63. The van der Waals surface area contributed by atoms with Gasteiger partial charge in [-0.1, -0.05) is 418 Å². The van der Waals surface area contributed by atoms with Gasteiger partial charge >= 0.3 is 5.97 Å². The van der Waals surface area contributed by atoms with E-state index in [4.69, 9.17) is 4.74 Å². The highest BCUT2D eigenvalue weighted by Gasteiger charge is 2.18. The fourth-order valence-corrected chi connectivity index (χ4v) is 12.6. The third-order valence-corrected chi connectivity index (χ3v) is 18.6. The van der Waals surface area contributed by atoms with Gasteiger partial charge in [0.05, 0.1) is 25.4 Å². The Morgan fingerprint density at radius 2 is 0.548 bits per heavy atom. The molecule has 3 N–H and O–H groups in total. The summed E-state index contributed by atoms with van der Waals surface area (Å²) in [5.41, 5.74) is 0. The van der Waals surface area contributed by atoms with Crippen LogP contribution in [0.25, 0.3) is 0 Å². The van der Waals surface area contributed by atoms with Gasteiger partial charge in [-0.05, 0) is 32.1 Å². The number of esters is 1. The first-order valence-corrected chi connectivity index (χ1v) is 39.0. The highest BCUT2D eigenvalue weighted by Crippen LogP contribution is 2.20. The maximum Gasteiger partial charge on any atom is 0.305 e. The number of carbonyl (C=O) groups excluding carboxylic acids is 2. The van der Waals surface area contributed by atoms with Crippen molar-refractivity contribution in [3.63, 3.8) is 0 Å². The molecular weight excluding hydrogens is 1030 g/mol. The molecule has 0 radical (unpaired) electrons. The summed E-state index contributed by atoms with van der Waals surface area (Å²) in [6, 6.07) is -0.625. The Hall–Kier alpha value is -1.40. The SMILES string of the molecule is CCCCCCCCCCCCCCCCCCCCCCC/C=C/C(O)C(CO)NC(=O)CCCCCCCCCCCCCCCCCCCCCCCCCCCCCCCCCOC(=O)CCCCCCCCCCCCCCC. The van der Waals surface area contributed by atoms with Crippen molar-refractivity contribution in [2.45, 2.75) is 463 Å². The summed E-state index contributed by atoms with van der Waals surface area (Å²) in [6.45, 7) is 4.96. The number of rotatable bonds is 74. The predicted octanol–water partition coefficient (Wildman–Crippen LogP) is 25.5. The second-order valence-electron chi connectivity index (χ2n) is 27.1. The van der Waals surface area contributed by atoms with Crippen LogP contribution < -0.4 is 5.32 Å². The van der Waals surface area contributed by atoms with Crippen molar-refractivity contribution in [1.29, 1.82) is 0 Å². The van der Waals surface area contributed by atoms with Crippen LogP contribution in [0.15, 0.2) is 12.2 Å². The van der Waals surface area contributed by atoms with Crippen molar-refractivity contribution in [3.8, 4) is 0 Å². The van der Waals surface area contributed by atoms with Crippen LogP contribution >= 0.6 is 0 Å². The average Bonchev–Trinajstić information content (AvgIpc) is 3.51. The summed E-state index contributed by atoms with van der Waals surface area (Å²) in [7, 11) is 0. The summed E-state index contributed by atoms with van der Waals surface area (Å²) in [5.74, 6) is -0.0351. The minimum atomic E-state index is -0.842. The van der Waals surface area contributed by atoms with Crippen LogP contribution in [0.2, 0.25) is 0 Å². The second-order valence-corrected chi connectivity index (χ2v) is 27.1. The van der Waals surface area contributed by atoms with Gasteiger partial charge in [0.15, 0.2) is 0 Å². The zero-order valence-electron chi connectivity index (χ0n) is 57.4. The molecule has 0 fully saturated rings. The van der Waals surface area contributed by atoms with E-state index in [0.29, 0.717) is 19.4 Å². The molecule has 0 spiro atoms. The predicted molar refractivity (Wildman–Crippen MR) is 370 cm³/mol. The molecule has 6 nitrogen and oxygen atoms in total. The second kappa shape index (κ2) is 74.1. The maximum atomic E-state index is 12.5. The zero-order valence-corrected chi connectivity index (χ0v) is 57.4. The molecule has 0 heterocycles. The van der Waals surface area contributed by atoms with E-state index < -0.39 is 12.1 Å². The van der Waals surface area contributed by atoms with Crippen molar-refractivity contribution < 1.29 is 24.5 Å². The molecule has 0 aromatic heterocycles. The Balaban J connectivity index is 3.35. The van der Waals surface area contributed by atoms with Crippen LogP contribution in [-0.2, 0) is 14.3 Å². The number of hydrogen-bond acceptors (Lipinski definition) is 5. The van der Waals surface area contributed by atoms with E-state index >= 15 is 0 Å². The van der Waals surface area contributed by atoms with E-state index in [1.54, 1.807) is 6.08 Å². The van der Waals surface area contributed by atoms with Gasteiger partial charge in [-0.3, -0.25) is 9.59 Å². The standard InChI is InChI=1S/C78H153NO5/c1-3-5-7-9-11-13-15-17-18-19-20-21-31-34-37-40-43-47-50-54-58-62-66-70-76(81)75(74-80)79-77(82)71-67-63-59-55-51-48-44-41-38-35-32-29-27-25-23-22-24-26-28-30-33-36-39-42-45-49-53-57-61-65-69-73-84-78(83)72-68-64-60-56-52-46-16-14-12-10-8-6-4-2/h66,70,75-76,80-81H,3-65,67-69,71-74H2,1-2H3,(H,79,82)/b70-66+. The molecule has 2 unspecified atom stereocenters. The Morgan fingerprint density at radius 1 is 0.321 bits per heavy atom. The van der Waals surface area contributed by atoms with Crippen LogP contribution in [0.4, 0.5) is 0 Å². The first kappa shape index (κ1) is 82.6. The summed E-state index contributed by atoms with van der Waals surface area (Å²) in [6.07, 6.45) is 93.3. The van der Waals surface area contributed by atoms with Crippen LogP contribution in [0.3, 0.4) is 0 Å². The number of allylic oxidation sites excluding steroid dienone is 1. The monoisotopic (exact) mass is 1180 g/mol. The van der Waals surface area contributed by atoms with Gasteiger partial charge in [0.2, 0.25) is 5.91 Å². The smallest absolute Gasteiger partial charge is 0.305 e. The van der Waals surface area contributed by atoms with Crippen molar-refractivity contribution in [1.82, 2.24) is 5.32 Å². The summed E-state index contributed by atoms with van der Waals surface area (Å²) in [4.78, 5) is 24.6. The van der Waals surface area contributed by atoms with E-state index in [0.717, 1.165) is 38.5 Å². The number of aliphatic hydroxyl groups excluding tert-OH is 2. The number of hydrogen-bond donors (Lipinski definition) is 3. The lowest BCUT2D eigenvalue weighted by Crippen LogP contribution is -2.45. The van der Waals surface area contributed by atoms with Gasteiger partial charge in [-0.2, -0.15) is 0 Å². The van der Waals surface area contributed by atoms with Crippen molar-refractivity contribution in [3.05, 3.63) is 12.2 Å². The minimum absolute atomic E-state index is 0.0231. The van der Waals surface area contributed by atoms with Gasteiger partial charge in [0, 0.05) is 12.8 Å². The molecule has 0 bridgehead atoms. The molecule has 0 aromatic rings. The molecule has 500 valence electrons. The highest BCUT2D eigenvalue weighted by molar-refractivity contribution is 5.76. The number of nitrogens with one attached hydrogen (secondary N) is 1. The summed E-state index contributed by atoms with van der Waals surface area (Å²) >= 11 is 0. The van der Waals surface area contributed by atoms with E-state index in [1.807, 2.05) is 6.08 Å². The molecule has 0 saturated carbocycles. The lowest BCUT2D eigenvalue weighted by Gasteiger charge is -2.20. The highest BCUT2D eigenvalue weighted by atomic mass is 16.5. The van der Waals surface area contributed by atoms with E-state index in [-0.39, 0.29) is 18.5 Å². The fraction of sp³-hybridized carbons (Fsp3) is 0.949. The lowest BCUT2D eigenvalue weighted by atomic mass is 10.0. The molecule has 0 rings (SSSR count). The van der Waals surface area contributed by atoms with Crippen molar-refractivity contribution in [2.75, 3.05) is 13.2 Å². The first-order valence-electron chi connectivity index (χ1n) is 39.0. The Labute approximate surface area is 527 Å². The Morgan fingerprint density at radius 3 is 0.810 bits per heavy atom. The largest absolute Gasteiger partial charge is 0.466 e. The van der Waals surface area contributed by atoms with Crippen LogP contribution in [0.1, 0.15) is 450 Å². The first-order chi connectivity index (χ1) is 41.5. The van der Waals surface area contributed by atoms with Gasteiger partial charge in [-0.15, -0.1) is 0 Å². The molecule has 0 aliphatic carbocycles. The molecule has 0 saturated heterocycles. The normalized spacial score (nSPS) is 12.5. The summed E-state index contributed by atoms with van der Waals surface area (Å²) < 4.78 is 5.50.